The van der Waals surface area contributed by atoms with E-state index in [1.54, 1.807) is 43.5 Å². The fourth-order valence-corrected chi connectivity index (χ4v) is 5.06. The molecule has 38 heavy (non-hydrogen) atoms. The predicted molar refractivity (Wildman–Crippen MR) is 153 cm³/mol. The van der Waals surface area contributed by atoms with Crippen molar-refractivity contribution in [1.82, 2.24) is 0 Å². The lowest BCUT2D eigenvalue weighted by Gasteiger charge is -2.28. The van der Waals surface area contributed by atoms with Crippen LogP contribution in [0.5, 0.6) is 11.5 Å². The number of nitrogens with zero attached hydrogens (tertiary/aromatic N) is 1. The van der Waals surface area contributed by atoms with Crippen molar-refractivity contribution in [2.45, 2.75) is 45.6 Å². The van der Waals surface area contributed by atoms with Crippen molar-refractivity contribution in [2.24, 2.45) is 0 Å². The van der Waals surface area contributed by atoms with Gasteiger partial charge in [-0.1, -0.05) is 64.1 Å². The molecule has 1 aliphatic heterocycles. The number of hydrogen-bond donors (Lipinski definition) is 1. The van der Waals surface area contributed by atoms with Crippen molar-refractivity contribution in [2.75, 3.05) is 18.6 Å². The van der Waals surface area contributed by atoms with Crippen LogP contribution in [0.3, 0.4) is 0 Å². The Morgan fingerprint density at radius 3 is 2.29 bits per heavy atom. The highest BCUT2D eigenvalue weighted by molar-refractivity contribution is 9.10. The lowest BCUT2D eigenvalue weighted by atomic mass is 9.85. The summed E-state index contributed by atoms with van der Waals surface area (Å²) < 4.78 is 11.9. The van der Waals surface area contributed by atoms with Gasteiger partial charge in [0, 0.05) is 5.56 Å². The zero-order valence-electron chi connectivity index (χ0n) is 22.2. The van der Waals surface area contributed by atoms with E-state index in [1.807, 2.05) is 37.3 Å². The monoisotopic (exact) mass is 577 g/mol. The molecule has 1 atom stereocenters. The van der Waals surface area contributed by atoms with Crippen LogP contribution in [0.15, 0.2) is 76.8 Å². The maximum atomic E-state index is 13.6. The van der Waals surface area contributed by atoms with Crippen LogP contribution in [0.2, 0.25) is 0 Å². The molecule has 7 heteroatoms. The van der Waals surface area contributed by atoms with Crippen LogP contribution < -0.4 is 14.4 Å². The van der Waals surface area contributed by atoms with Gasteiger partial charge < -0.3 is 14.6 Å². The molecule has 6 nitrogen and oxygen atoms in total. The second-order valence-corrected chi connectivity index (χ2v) is 11.1. The molecular weight excluding hydrogens is 546 g/mol. The van der Waals surface area contributed by atoms with E-state index in [4.69, 9.17) is 9.47 Å². The molecule has 4 rings (SSSR count). The van der Waals surface area contributed by atoms with Crippen LogP contribution in [0.1, 0.15) is 56.8 Å². The van der Waals surface area contributed by atoms with Crippen molar-refractivity contribution in [1.29, 1.82) is 0 Å². The molecule has 198 valence electrons. The summed E-state index contributed by atoms with van der Waals surface area (Å²) in [5.74, 6) is -0.662. The van der Waals surface area contributed by atoms with Gasteiger partial charge in [-0.05, 0) is 69.2 Å². The molecule has 1 unspecified atom stereocenters. The summed E-state index contributed by atoms with van der Waals surface area (Å²) in [6.07, 6.45) is 0.789. The quantitative estimate of drug-likeness (QED) is 0.183. The molecule has 1 amide bonds. The summed E-state index contributed by atoms with van der Waals surface area (Å²) in [6, 6.07) is 19.2. The molecule has 1 N–H and O–H groups in total. The summed E-state index contributed by atoms with van der Waals surface area (Å²) >= 11 is 3.44. The Bertz CT molecular complexity index is 1390. The first-order valence-corrected chi connectivity index (χ1v) is 13.3. The molecule has 3 aromatic rings. The van der Waals surface area contributed by atoms with Gasteiger partial charge in [-0.15, -0.1) is 0 Å². The van der Waals surface area contributed by atoms with Crippen molar-refractivity contribution in [3.8, 4) is 11.5 Å². The summed E-state index contributed by atoms with van der Waals surface area (Å²) in [5, 5.41) is 11.5. The second kappa shape index (κ2) is 11.0. The molecule has 0 spiro atoms. The zero-order valence-corrected chi connectivity index (χ0v) is 23.8. The largest absolute Gasteiger partial charge is 0.507 e. The third-order valence-corrected chi connectivity index (χ3v) is 7.17. The highest BCUT2D eigenvalue weighted by atomic mass is 79.9. The lowest BCUT2D eigenvalue weighted by Crippen LogP contribution is -2.30. The number of anilines is 1. The summed E-state index contributed by atoms with van der Waals surface area (Å²) in [7, 11) is 1.55. The van der Waals surface area contributed by atoms with Gasteiger partial charge in [0.1, 0.15) is 17.3 Å². The van der Waals surface area contributed by atoms with Gasteiger partial charge in [0.25, 0.3) is 11.7 Å². The minimum atomic E-state index is -0.851. The number of carbonyl (C=O) groups is 2. The molecule has 0 saturated carbocycles. The van der Waals surface area contributed by atoms with Gasteiger partial charge in [0.2, 0.25) is 0 Å². The minimum absolute atomic E-state index is 0.0147. The number of Topliss-reactive ketones (excluding diaryl/α,β-unsaturated/α-hetero) is 1. The highest BCUT2D eigenvalue weighted by Crippen LogP contribution is 2.45. The van der Waals surface area contributed by atoms with E-state index in [0.29, 0.717) is 39.4 Å². The van der Waals surface area contributed by atoms with Gasteiger partial charge in [-0.2, -0.15) is 0 Å². The van der Waals surface area contributed by atoms with E-state index in [-0.39, 0.29) is 16.7 Å². The Labute approximate surface area is 232 Å². The van der Waals surface area contributed by atoms with E-state index in [9.17, 15) is 14.7 Å². The van der Waals surface area contributed by atoms with Crippen molar-refractivity contribution < 1.29 is 24.2 Å². The molecule has 0 bridgehead atoms. The fourth-order valence-electron chi connectivity index (χ4n) is 4.52. The topological polar surface area (TPSA) is 76.1 Å². The van der Waals surface area contributed by atoms with Gasteiger partial charge in [0.15, 0.2) is 0 Å². The molecule has 3 aromatic carbocycles. The van der Waals surface area contributed by atoms with E-state index < -0.39 is 17.7 Å². The Hall–Kier alpha value is -3.58. The van der Waals surface area contributed by atoms with Gasteiger partial charge in [-0.25, -0.2) is 0 Å². The molecule has 1 saturated heterocycles. The fraction of sp³-hybridized carbons (Fsp3) is 0.290. The van der Waals surface area contributed by atoms with Crippen molar-refractivity contribution >= 4 is 39.1 Å². The number of ketones is 1. The Kier molecular flexibility index (Phi) is 7.97. The number of benzene rings is 3. The first-order valence-electron chi connectivity index (χ1n) is 12.6. The minimum Gasteiger partial charge on any atom is -0.507 e. The second-order valence-electron chi connectivity index (χ2n) is 10.2. The van der Waals surface area contributed by atoms with Crippen LogP contribution in [0.4, 0.5) is 5.69 Å². The first-order chi connectivity index (χ1) is 18.1. The maximum Gasteiger partial charge on any atom is 0.300 e. The van der Waals surface area contributed by atoms with Crippen LogP contribution in [-0.4, -0.2) is 30.5 Å². The van der Waals surface area contributed by atoms with Crippen molar-refractivity contribution in [3.63, 3.8) is 0 Å². The molecule has 1 heterocycles. The van der Waals surface area contributed by atoms with Crippen LogP contribution in [-0.2, 0) is 15.0 Å². The lowest BCUT2D eigenvalue weighted by molar-refractivity contribution is -0.132. The number of aliphatic hydroxyl groups is 1. The number of methoxy groups -OCH3 is 1. The number of rotatable bonds is 7. The Morgan fingerprint density at radius 1 is 1.00 bits per heavy atom. The van der Waals surface area contributed by atoms with Crippen LogP contribution in [0, 0.1) is 0 Å². The average molecular weight is 579 g/mol. The number of aliphatic hydroxyl groups excluding tert-OH is 1. The van der Waals surface area contributed by atoms with Gasteiger partial charge in [0.05, 0.1) is 35.5 Å². The van der Waals surface area contributed by atoms with Crippen LogP contribution in [0.25, 0.3) is 5.76 Å². The SMILES string of the molecule is CCCOc1ccccc1N1C(=O)C(=O)/C(=C(\O)c2ccc(OC)c(Br)c2)C1c1ccc(C(C)(C)C)cc1. The highest BCUT2D eigenvalue weighted by Gasteiger charge is 2.47. The smallest absolute Gasteiger partial charge is 0.300 e. The number of amides is 1. The molecule has 0 aromatic heterocycles. The molecule has 1 fully saturated rings. The predicted octanol–water partition coefficient (Wildman–Crippen LogP) is 7.17. The molecule has 0 radical (unpaired) electrons. The summed E-state index contributed by atoms with van der Waals surface area (Å²) in [6.45, 7) is 8.83. The standard InChI is InChI=1S/C31H32BrNO5/c1-6-17-38-25-10-8-7-9-23(25)33-27(19-11-14-21(15-12-19)31(2,3)4)26(29(35)30(33)36)28(34)20-13-16-24(37-5)22(32)18-20/h7-16,18,27,34H,6,17H2,1-5H3/b28-26-. The maximum absolute atomic E-state index is 13.6. The Balaban J connectivity index is 1.94. The third kappa shape index (κ3) is 5.20. The van der Waals surface area contributed by atoms with E-state index in [0.717, 1.165) is 12.0 Å². The normalized spacial score (nSPS) is 17.1. The Morgan fingerprint density at radius 2 is 1.68 bits per heavy atom. The number of halogens is 1. The first kappa shape index (κ1) is 27.5. The van der Waals surface area contributed by atoms with Gasteiger partial charge in [-0.3, -0.25) is 14.5 Å². The molecule has 0 aliphatic carbocycles. The van der Waals surface area contributed by atoms with E-state index in [2.05, 4.69) is 36.7 Å². The van der Waals surface area contributed by atoms with E-state index in [1.165, 1.54) is 4.90 Å². The summed E-state index contributed by atoms with van der Waals surface area (Å²) in [5.41, 5.74) is 2.63. The number of hydrogen-bond acceptors (Lipinski definition) is 5. The van der Waals surface area contributed by atoms with Crippen molar-refractivity contribution in [3.05, 3.63) is 93.5 Å². The molecular formula is C31H32BrNO5. The third-order valence-electron chi connectivity index (χ3n) is 6.55. The number of ether oxygens (including phenoxy) is 2. The van der Waals surface area contributed by atoms with Crippen LogP contribution >= 0.6 is 15.9 Å². The average Bonchev–Trinajstić information content (AvgIpc) is 3.16. The number of carbonyl (C=O) groups excluding carboxylic acids is 2. The van der Waals surface area contributed by atoms with Gasteiger partial charge >= 0.3 is 0 Å². The number of para-hydroxylation sites is 2. The zero-order chi connectivity index (χ0) is 27.6. The van der Waals surface area contributed by atoms with E-state index >= 15 is 0 Å². The summed E-state index contributed by atoms with van der Waals surface area (Å²) in [4.78, 5) is 28.6. The molecule has 1 aliphatic rings.